The molecular weight excluding hydrogens is 282 g/mol. The maximum absolute atomic E-state index is 12.5. The molecule has 3 heterocycles. The maximum Gasteiger partial charge on any atom is 0.272 e. The molecule has 1 aliphatic heterocycles. The molecule has 21 heavy (non-hydrogen) atoms. The average molecular weight is 297 g/mol. The van der Waals surface area contributed by atoms with Gasteiger partial charge in [0.15, 0.2) is 0 Å². The van der Waals surface area contributed by atoms with Gasteiger partial charge in [-0.2, -0.15) is 5.26 Å². The third kappa shape index (κ3) is 2.55. The van der Waals surface area contributed by atoms with Gasteiger partial charge in [0.2, 0.25) is 0 Å². The zero-order valence-corrected chi connectivity index (χ0v) is 12.6. The summed E-state index contributed by atoms with van der Waals surface area (Å²) in [5.41, 5.74) is 2.42. The van der Waals surface area contributed by atoms with Crippen LogP contribution < -0.4 is 0 Å². The summed E-state index contributed by atoms with van der Waals surface area (Å²) in [5, 5.41) is 11.3. The van der Waals surface area contributed by atoms with Crippen molar-refractivity contribution in [2.24, 2.45) is 0 Å². The third-order valence-corrected chi connectivity index (χ3v) is 4.61. The number of hydrogen-bond acceptors (Lipinski definition) is 4. The molecule has 1 amide bonds. The van der Waals surface area contributed by atoms with Crippen LogP contribution in [0.25, 0.3) is 10.4 Å². The van der Waals surface area contributed by atoms with E-state index in [1.165, 1.54) is 0 Å². The van der Waals surface area contributed by atoms with Gasteiger partial charge in [-0.05, 0) is 37.3 Å². The molecular formula is C16H15N3OS. The molecule has 0 atom stereocenters. The van der Waals surface area contributed by atoms with E-state index in [-0.39, 0.29) is 5.91 Å². The fraction of sp³-hybridized carbons (Fsp3) is 0.312. The number of thiophene rings is 1. The van der Waals surface area contributed by atoms with Crippen molar-refractivity contribution in [2.75, 3.05) is 13.1 Å². The number of aryl methyl sites for hydroxylation is 1. The van der Waals surface area contributed by atoms with Crippen molar-refractivity contribution in [1.29, 1.82) is 5.26 Å². The van der Waals surface area contributed by atoms with Crippen LogP contribution in [0.15, 0.2) is 23.6 Å². The summed E-state index contributed by atoms with van der Waals surface area (Å²) >= 11 is 1.56. The third-order valence-electron chi connectivity index (χ3n) is 3.71. The summed E-state index contributed by atoms with van der Waals surface area (Å²) in [6.45, 7) is 3.39. The lowest BCUT2D eigenvalue weighted by Crippen LogP contribution is -2.28. The highest BCUT2D eigenvalue weighted by molar-refractivity contribution is 7.13. The topological polar surface area (TPSA) is 57.0 Å². The second kappa shape index (κ2) is 5.66. The molecule has 0 unspecified atom stereocenters. The highest BCUT2D eigenvalue weighted by Crippen LogP contribution is 2.30. The first-order valence-electron chi connectivity index (χ1n) is 6.95. The smallest absolute Gasteiger partial charge is 0.272 e. The Balaban J connectivity index is 2.07. The normalized spacial score (nSPS) is 14.2. The molecule has 1 saturated heterocycles. The maximum atomic E-state index is 12.5. The molecule has 4 nitrogen and oxygen atoms in total. The lowest BCUT2D eigenvalue weighted by Gasteiger charge is -2.16. The van der Waals surface area contributed by atoms with Crippen LogP contribution in [-0.4, -0.2) is 28.9 Å². The van der Waals surface area contributed by atoms with Crippen molar-refractivity contribution in [3.05, 3.63) is 40.5 Å². The molecule has 0 N–H and O–H groups in total. The minimum Gasteiger partial charge on any atom is -0.337 e. The first-order valence-corrected chi connectivity index (χ1v) is 7.83. The molecule has 3 rings (SSSR count). The Hall–Kier alpha value is -2.19. The van der Waals surface area contributed by atoms with Gasteiger partial charge in [0.05, 0.1) is 11.3 Å². The van der Waals surface area contributed by atoms with E-state index in [1.807, 2.05) is 22.4 Å². The van der Waals surface area contributed by atoms with Crippen molar-refractivity contribution in [1.82, 2.24) is 9.88 Å². The van der Waals surface area contributed by atoms with Crippen LogP contribution in [0.2, 0.25) is 0 Å². The Kier molecular flexibility index (Phi) is 3.72. The van der Waals surface area contributed by atoms with Gasteiger partial charge in [-0.3, -0.25) is 4.79 Å². The van der Waals surface area contributed by atoms with Crippen molar-refractivity contribution >= 4 is 17.2 Å². The predicted octanol–water partition coefficient (Wildman–Crippen LogP) is 3.23. The van der Waals surface area contributed by atoms with Crippen LogP contribution in [-0.2, 0) is 0 Å². The van der Waals surface area contributed by atoms with E-state index >= 15 is 0 Å². The lowest BCUT2D eigenvalue weighted by atomic mass is 10.0. The number of carbonyl (C=O) groups is 1. The molecule has 106 valence electrons. The van der Waals surface area contributed by atoms with E-state index in [1.54, 1.807) is 24.3 Å². The van der Waals surface area contributed by atoms with Crippen LogP contribution in [0.5, 0.6) is 0 Å². The van der Waals surface area contributed by atoms with Crippen LogP contribution >= 0.6 is 11.3 Å². The van der Waals surface area contributed by atoms with Gasteiger partial charge in [-0.1, -0.05) is 6.07 Å². The molecule has 1 fully saturated rings. The molecule has 2 aromatic heterocycles. The van der Waals surface area contributed by atoms with Gasteiger partial charge < -0.3 is 4.90 Å². The second-order valence-electron chi connectivity index (χ2n) is 5.10. The molecule has 0 radical (unpaired) electrons. The number of rotatable bonds is 2. The van der Waals surface area contributed by atoms with Crippen molar-refractivity contribution in [3.63, 3.8) is 0 Å². The van der Waals surface area contributed by atoms with Crippen LogP contribution in [0.4, 0.5) is 0 Å². The Morgan fingerprint density at radius 1 is 1.43 bits per heavy atom. The van der Waals surface area contributed by atoms with Gasteiger partial charge in [0, 0.05) is 23.5 Å². The molecule has 1 aliphatic rings. The van der Waals surface area contributed by atoms with Crippen LogP contribution in [0, 0.1) is 18.3 Å². The molecule has 2 aromatic rings. The Labute approximate surface area is 127 Å². The quantitative estimate of drug-likeness (QED) is 0.855. The van der Waals surface area contributed by atoms with E-state index < -0.39 is 0 Å². The van der Waals surface area contributed by atoms with Crippen LogP contribution in [0.3, 0.4) is 0 Å². The number of aromatic nitrogens is 1. The minimum atomic E-state index is -0.0297. The Morgan fingerprint density at radius 3 is 2.81 bits per heavy atom. The van der Waals surface area contributed by atoms with E-state index in [0.29, 0.717) is 17.0 Å². The number of nitrogens with zero attached hydrogens (tertiary/aromatic N) is 3. The van der Waals surface area contributed by atoms with Gasteiger partial charge in [-0.15, -0.1) is 11.3 Å². The van der Waals surface area contributed by atoms with Gasteiger partial charge in [-0.25, -0.2) is 4.98 Å². The fourth-order valence-electron chi connectivity index (χ4n) is 2.63. The molecule has 0 saturated carbocycles. The average Bonchev–Trinajstić information content (AvgIpc) is 3.18. The fourth-order valence-corrected chi connectivity index (χ4v) is 3.38. The Bertz CT molecular complexity index is 710. The summed E-state index contributed by atoms with van der Waals surface area (Å²) in [6.07, 6.45) is 2.11. The number of carbonyl (C=O) groups excluding carboxylic acids is 1. The lowest BCUT2D eigenvalue weighted by molar-refractivity contribution is 0.0787. The Morgan fingerprint density at radius 2 is 2.19 bits per heavy atom. The monoisotopic (exact) mass is 297 g/mol. The van der Waals surface area contributed by atoms with Crippen molar-refractivity contribution in [2.45, 2.75) is 19.8 Å². The minimum absolute atomic E-state index is 0.0297. The zero-order chi connectivity index (χ0) is 14.8. The number of pyridine rings is 1. The van der Waals surface area contributed by atoms with Gasteiger partial charge in [0.1, 0.15) is 11.8 Å². The SMILES string of the molecule is Cc1nc(C(=O)N2CCCC2)cc(-c2cccs2)c1C#N. The molecule has 0 aromatic carbocycles. The second-order valence-corrected chi connectivity index (χ2v) is 6.05. The van der Waals surface area contributed by atoms with E-state index in [9.17, 15) is 10.1 Å². The van der Waals surface area contributed by atoms with Crippen molar-refractivity contribution < 1.29 is 4.79 Å². The first kappa shape index (κ1) is 13.8. The molecule has 5 heteroatoms. The summed E-state index contributed by atoms with van der Waals surface area (Å²) < 4.78 is 0. The molecule has 0 aliphatic carbocycles. The number of likely N-dealkylation sites (tertiary alicyclic amines) is 1. The van der Waals surface area contributed by atoms with E-state index in [2.05, 4.69) is 11.1 Å². The van der Waals surface area contributed by atoms with E-state index in [4.69, 9.17) is 0 Å². The number of hydrogen-bond donors (Lipinski definition) is 0. The number of nitriles is 1. The zero-order valence-electron chi connectivity index (χ0n) is 11.8. The van der Waals surface area contributed by atoms with Crippen molar-refractivity contribution in [3.8, 4) is 16.5 Å². The van der Waals surface area contributed by atoms with Gasteiger partial charge in [0.25, 0.3) is 5.91 Å². The van der Waals surface area contributed by atoms with E-state index in [0.717, 1.165) is 36.4 Å². The summed E-state index contributed by atoms with van der Waals surface area (Å²) in [6, 6.07) is 7.88. The molecule has 0 bridgehead atoms. The summed E-state index contributed by atoms with van der Waals surface area (Å²) in [5.74, 6) is -0.0297. The summed E-state index contributed by atoms with van der Waals surface area (Å²) in [4.78, 5) is 19.7. The van der Waals surface area contributed by atoms with Gasteiger partial charge >= 0.3 is 0 Å². The first-order chi connectivity index (χ1) is 10.2. The number of amides is 1. The largest absolute Gasteiger partial charge is 0.337 e. The summed E-state index contributed by atoms with van der Waals surface area (Å²) in [7, 11) is 0. The highest BCUT2D eigenvalue weighted by Gasteiger charge is 2.23. The highest BCUT2D eigenvalue weighted by atomic mass is 32.1. The molecule has 0 spiro atoms. The standard InChI is InChI=1S/C16H15N3OS/c1-11-13(10-17)12(15-5-4-8-21-15)9-14(18-11)16(20)19-6-2-3-7-19/h4-5,8-9H,2-3,6-7H2,1H3. The van der Waals surface area contributed by atoms with Crippen LogP contribution in [0.1, 0.15) is 34.6 Å². The predicted molar refractivity (Wildman–Crippen MR) is 82.1 cm³/mol.